The van der Waals surface area contributed by atoms with Crippen molar-refractivity contribution in [2.24, 2.45) is 5.92 Å². The van der Waals surface area contributed by atoms with Crippen molar-refractivity contribution in [1.29, 1.82) is 5.26 Å². The van der Waals surface area contributed by atoms with Crippen LogP contribution in [0.5, 0.6) is 5.75 Å². The van der Waals surface area contributed by atoms with Crippen molar-refractivity contribution in [2.45, 2.75) is 32.4 Å². The number of methoxy groups -OCH3 is 1. The van der Waals surface area contributed by atoms with Gasteiger partial charge in [-0.2, -0.15) is 5.26 Å². The first-order valence-electron chi connectivity index (χ1n) is 7.12. The summed E-state index contributed by atoms with van der Waals surface area (Å²) in [7, 11) is 1.66. The summed E-state index contributed by atoms with van der Waals surface area (Å²) in [5, 5.41) is 12.5. The summed E-state index contributed by atoms with van der Waals surface area (Å²) >= 11 is 0. The van der Waals surface area contributed by atoms with E-state index in [0.717, 1.165) is 43.9 Å². The van der Waals surface area contributed by atoms with Gasteiger partial charge in [-0.25, -0.2) is 0 Å². The Labute approximate surface area is 120 Å². The van der Waals surface area contributed by atoms with Gasteiger partial charge in [0, 0.05) is 31.4 Å². The maximum Gasteiger partial charge on any atom is 0.123 e. The lowest BCUT2D eigenvalue weighted by molar-refractivity contribution is 0.0557. The average molecular weight is 274 g/mol. The molecule has 1 atom stereocenters. The highest BCUT2D eigenvalue weighted by atomic mass is 16.5. The minimum absolute atomic E-state index is 0.439. The minimum Gasteiger partial charge on any atom is -0.496 e. The summed E-state index contributed by atoms with van der Waals surface area (Å²) in [4.78, 5) is 0. The highest BCUT2D eigenvalue weighted by molar-refractivity contribution is 5.42. The molecule has 108 valence electrons. The normalized spacial score (nSPS) is 17.4. The Hall–Kier alpha value is -1.57. The number of nitrogens with zero attached hydrogens (tertiary/aromatic N) is 1. The lowest BCUT2D eigenvalue weighted by Crippen LogP contribution is -2.36. The number of ether oxygens (including phenoxy) is 2. The van der Waals surface area contributed by atoms with Gasteiger partial charge in [-0.05, 0) is 43.9 Å². The van der Waals surface area contributed by atoms with E-state index in [2.05, 4.69) is 18.3 Å². The van der Waals surface area contributed by atoms with E-state index in [9.17, 15) is 0 Å². The van der Waals surface area contributed by atoms with Crippen LogP contribution in [0.1, 0.15) is 30.9 Å². The second kappa shape index (κ2) is 7.28. The SMILES string of the molecule is COc1ccc(C#N)cc1CNC(C)C1CCOCC1. The minimum atomic E-state index is 0.439. The lowest BCUT2D eigenvalue weighted by atomic mass is 9.93. The predicted octanol–water partition coefficient (Wildman–Crippen LogP) is 2.47. The maximum absolute atomic E-state index is 8.98. The molecule has 0 spiro atoms. The van der Waals surface area contributed by atoms with Crippen LogP contribution < -0.4 is 10.1 Å². The molecular formula is C16H22N2O2. The van der Waals surface area contributed by atoms with Crippen LogP contribution in [0.3, 0.4) is 0 Å². The largest absolute Gasteiger partial charge is 0.496 e. The van der Waals surface area contributed by atoms with Crippen LogP contribution in [0.4, 0.5) is 0 Å². The second-order valence-electron chi connectivity index (χ2n) is 5.26. The van der Waals surface area contributed by atoms with Crippen molar-refractivity contribution in [1.82, 2.24) is 5.32 Å². The van der Waals surface area contributed by atoms with E-state index >= 15 is 0 Å². The molecule has 0 bridgehead atoms. The molecule has 0 amide bonds. The predicted molar refractivity (Wildman–Crippen MR) is 77.6 cm³/mol. The summed E-state index contributed by atoms with van der Waals surface area (Å²) in [6.45, 7) is 4.67. The van der Waals surface area contributed by atoms with Gasteiger partial charge in [0.05, 0.1) is 18.7 Å². The zero-order chi connectivity index (χ0) is 14.4. The molecule has 1 aliphatic rings. The standard InChI is InChI=1S/C16H22N2O2/c1-12(14-5-7-20-8-6-14)18-11-15-9-13(10-17)3-4-16(15)19-2/h3-4,9,12,14,18H,5-8,11H2,1-2H3. The number of rotatable bonds is 5. The molecule has 1 aromatic rings. The van der Waals surface area contributed by atoms with E-state index in [4.69, 9.17) is 14.7 Å². The maximum atomic E-state index is 8.98. The van der Waals surface area contributed by atoms with Gasteiger partial charge in [-0.15, -0.1) is 0 Å². The highest BCUT2D eigenvalue weighted by Gasteiger charge is 2.20. The van der Waals surface area contributed by atoms with Gasteiger partial charge in [0.25, 0.3) is 0 Å². The van der Waals surface area contributed by atoms with Crippen molar-refractivity contribution in [2.75, 3.05) is 20.3 Å². The molecule has 1 fully saturated rings. The molecule has 0 aliphatic carbocycles. The summed E-state index contributed by atoms with van der Waals surface area (Å²) < 4.78 is 10.7. The first kappa shape index (κ1) is 14.8. The Balaban J connectivity index is 1.97. The lowest BCUT2D eigenvalue weighted by Gasteiger charge is -2.28. The summed E-state index contributed by atoms with van der Waals surface area (Å²) in [6, 6.07) is 8.14. The van der Waals surface area contributed by atoms with Crippen molar-refractivity contribution >= 4 is 0 Å². The van der Waals surface area contributed by atoms with Crippen molar-refractivity contribution in [3.05, 3.63) is 29.3 Å². The Morgan fingerprint density at radius 1 is 1.45 bits per heavy atom. The van der Waals surface area contributed by atoms with Gasteiger partial charge in [-0.1, -0.05) is 0 Å². The fourth-order valence-electron chi connectivity index (χ4n) is 2.64. The summed E-state index contributed by atoms with van der Waals surface area (Å²) in [5.74, 6) is 1.49. The van der Waals surface area contributed by atoms with Crippen LogP contribution in [0.25, 0.3) is 0 Å². The van der Waals surface area contributed by atoms with Gasteiger partial charge >= 0.3 is 0 Å². The number of nitriles is 1. The molecular weight excluding hydrogens is 252 g/mol. The van der Waals surface area contributed by atoms with E-state index in [1.165, 1.54) is 0 Å². The third kappa shape index (κ3) is 3.72. The van der Waals surface area contributed by atoms with Crippen molar-refractivity contribution in [3.63, 3.8) is 0 Å². The smallest absolute Gasteiger partial charge is 0.123 e. The Morgan fingerprint density at radius 3 is 2.85 bits per heavy atom. The summed E-state index contributed by atoms with van der Waals surface area (Å²) in [6.07, 6.45) is 2.23. The van der Waals surface area contributed by atoms with E-state index in [1.807, 2.05) is 12.1 Å². The molecule has 4 heteroatoms. The number of nitrogens with one attached hydrogen (secondary N) is 1. The van der Waals surface area contributed by atoms with Gasteiger partial charge < -0.3 is 14.8 Å². The van der Waals surface area contributed by atoms with E-state index in [-0.39, 0.29) is 0 Å². The van der Waals surface area contributed by atoms with Gasteiger partial charge in [0.1, 0.15) is 5.75 Å². The third-order valence-electron chi connectivity index (χ3n) is 4.00. The second-order valence-corrected chi connectivity index (χ2v) is 5.26. The van der Waals surface area contributed by atoms with Gasteiger partial charge in [-0.3, -0.25) is 0 Å². The fourth-order valence-corrected chi connectivity index (χ4v) is 2.64. The van der Waals surface area contributed by atoms with Crippen LogP contribution in [0.2, 0.25) is 0 Å². The average Bonchev–Trinajstić information content (AvgIpc) is 2.53. The van der Waals surface area contributed by atoms with Crippen LogP contribution >= 0.6 is 0 Å². The molecule has 2 rings (SSSR count). The first-order chi connectivity index (χ1) is 9.74. The molecule has 1 heterocycles. The van der Waals surface area contributed by atoms with E-state index in [1.54, 1.807) is 13.2 Å². The zero-order valence-electron chi connectivity index (χ0n) is 12.2. The monoisotopic (exact) mass is 274 g/mol. The first-order valence-corrected chi connectivity index (χ1v) is 7.12. The molecule has 4 nitrogen and oxygen atoms in total. The molecule has 0 saturated carbocycles. The molecule has 1 aromatic carbocycles. The van der Waals surface area contributed by atoms with Crippen LogP contribution in [0.15, 0.2) is 18.2 Å². The van der Waals surface area contributed by atoms with E-state index < -0.39 is 0 Å². The number of hydrogen-bond acceptors (Lipinski definition) is 4. The molecule has 1 aliphatic heterocycles. The van der Waals surface area contributed by atoms with Crippen LogP contribution in [-0.2, 0) is 11.3 Å². The zero-order valence-corrected chi connectivity index (χ0v) is 12.2. The fraction of sp³-hybridized carbons (Fsp3) is 0.562. The molecule has 1 unspecified atom stereocenters. The Bertz CT molecular complexity index is 476. The molecule has 20 heavy (non-hydrogen) atoms. The molecule has 0 radical (unpaired) electrons. The van der Waals surface area contributed by atoms with Gasteiger partial charge in [0.15, 0.2) is 0 Å². The molecule has 1 N–H and O–H groups in total. The molecule has 1 saturated heterocycles. The Morgan fingerprint density at radius 2 is 2.20 bits per heavy atom. The highest BCUT2D eigenvalue weighted by Crippen LogP contribution is 2.22. The number of hydrogen-bond donors (Lipinski definition) is 1. The topological polar surface area (TPSA) is 54.3 Å². The van der Waals surface area contributed by atoms with Crippen molar-refractivity contribution in [3.8, 4) is 11.8 Å². The van der Waals surface area contributed by atoms with Crippen LogP contribution in [-0.4, -0.2) is 26.4 Å². The van der Waals surface area contributed by atoms with Gasteiger partial charge in [0.2, 0.25) is 0 Å². The van der Waals surface area contributed by atoms with E-state index in [0.29, 0.717) is 17.5 Å². The third-order valence-corrected chi connectivity index (χ3v) is 4.00. The van der Waals surface area contributed by atoms with Crippen molar-refractivity contribution < 1.29 is 9.47 Å². The Kier molecular flexibility index (Phi) is 5.40. The van der Waals surface area contributed by atoms with Crippen LogP contribution in [0, 0.1) is 17.2 Å². The molecule has 0 aromatic heterocycles. The number of benzene rings is 1. The quantitative estimate of drug-likeness (QED) is 0.896. The summed E-state index contributed by atoms with van der Waals surface area (Å²) in [5.41, 5.74) is 1.70.